The number of hydrogen-bond acceptors (Lipinski definition) is 5. The molecular weight excluding hydrogens is 358 g/mol. The van der Waals surface area contributed by atoms with Gasteiger partial charge in [-0.05, 0) is 37.6 Å². The standard InChI is InChI=1S/C20H25N5OS/c1-4-25-19(15-10-12-17(13-11-15)24(2)3)22-23-20(25)27-14-18(26)21-16-8-6-5-7-9-16/h5-8,10-13,16H,4,9,14H2,1-3H3,(H,21,26). The van der Waals surface area contributed by atoms with E-state index in [4.69, 9.17) is 0 Å². The van der Waals surface area contributed by atoms with Gasteiger partial charge in [0.05, 0.1) is 11.8 Å². The fourth-order valence-corrected chi connectivity index (χ4v) is 3.68. The predicted octanol–water partition coefficient (Wildman–Crippen LogP) is 3.12. The lowest BCUT2D eigenvalue weighted by molar-refractivity contribution is -0.118. The monoisotopic (exact) mass is 383 g/mol. The minimum Gasteiger partial charge on any atom is -0.378 e. The molecule has 0 radical (unpaired) electrons. The molecule has 0 aliphatic heterocycles. The van der Waals surface area contributed by atoms with Gasteiger partial charge >= 0.3 is 0 Å². The summed E-state index contributed by atoms with van der Waals surface area (Å²) in [5.74, 6) is 1.16. The van der Waals surface area contributed by atoms with E-state index >= 15 is 0 Å². The number of rotatable bonds is 7. The third kappa shape index (κ3) is 4.80. The minimum absolute atomic E-state index is 0.00693. The fraction of sp³-hybridized carbons (Fsp3) is 0.350. The van der Waals surface area contributed by atoms with Gasteiger partial charge in [0.15, 0.2) is 11.0 Å². The molecule has 1 aliphatic rings. The number of carbonyl (C=O) groups excluding carboxylic acids is 1. The Balaban J connectivity index is 1.65. The van der Waals surface area contributed by atoms with Crippen LogP contribution in [0.3, 0.4) is 0 Å². The Bertz CT molecular complexity index is 839. The molecule has 1 aliphatic carbocycles. The van der Waals surface area contributed by atoms with Crippen LogP contribution in [0.1, 0.15) is 13.3 Å². The molecule has 1 heterocycles. The average molecular weight is 384 g/mol. The van der Waals surface area contributed by atoms with Crippen LogP contribution in [0, 0.1) is 0 Å². The molecule has 6 nitrogen and oxygen atoms in total. The smallest absolute Gasteiger partial charge is 0.230 e. The van der Waals surface area contributed by atoms with Crippen LogP contribution in [-0.4, -0.2) is 46.6 Å². The van der Waals surface area contributed by atoms with Gasteiger partial charge < -0.3 is 14.8 Å². The first kappa shape index (κ1) is 19.2. The highest BCUT2D eigenvalue weighted by Gasteiger charge is 2.16. The molecule has 1 aromatic carbocycles. The molecule has 1 aromatic heterocycles. The summed E-state index contributed by atoms with van der Waals surface area (Å²) in [5, 5.41) is 12.4. The maximum atomic E-state index is 12.2. The van der Waals surface area contributed by atoms with Crippen molar-refractivity contribution >= 4 is 23.4 Å². The first-order valence-corrected chi connectivity index (χ1v) is 10.0. The number of carbonyl (C=O) groups is 1. The zero-order valence-corrected chi connectivity index (χ0v) is 16.7. The number of aromatic nitrogens is 3. The van der Waals surface area contributed by atoms with Crippen LogP contribution in [0.2, 0.25) is 0 Å². The molecule has 1 unspecified atom stereocenters. The first-order chi connectivity index (χ1) is 13.1. The zero-order chi connectivity index (χ0) is 19.2. The van der Waals surface area contributed by atoms with Gasteiger partial charge in [-0.2, -0.15) is 0 Å². The Hall–Kier alpha value is -2.54. The molecule has 142 valence electrons. The summed E-state index contributed by atoms with van der Waals surface area (Å²) in [6.45, 7) is 2.81. The van der Waals surface area contributed by atoms with Gasteiger partial charge in [-0.1, -0.05) is 36.1 Å². The number of nitrogens with one attached hydrogen (secondary N) is 1. The Morgan fingerprint density at radius 3 is 2.67 bits per heavy atom. The second-order valence-corrected chi connectivity index (χ2v) is 7.45. The molecule has 2 aromatic rings. The van der Waals surface area contributed by atoms with E-state index in [0.29, 0.717) is 5.75 Å². The maximum Gasteiger partial charge on any atom is 0.230 e. The lowest BCUT2D eigenvalue weighted by Crippen LogP contribution is -2.34. The van der Waals surface area contributed by atoms with Gasteiger partial charge in [0.2, 0.25) is 5.91 Å². The first-order valence-electron chi connectivity index (χ1n) is 9.05. The van der Waals surface area contributed by atoms with Crippen LogP contribution in [-0.2, 0) is 11.3 Å². The summed E-state index contributed by atoms with van der Waals surface area (Å²) < 4.78 is 2.05. The van der Waals surface area contributed by atoms with Crippen molar-refractivity contribution in [2.45, 2.75) is 31.1 Å². The molecule has 27 heavy (non-hydrogen) atoms. The lowest BCUT2D eigenvalue weighted by Gasteiger charge is -2.15. The van der Waals surface area contributed by atoms with Crippen molar-refractivity contribution < 1.29 is 4.79 Å². The Labute approximate surface area is 164 Å². The van der Waals surface area contributed by atoms with E-state index in [2.05, 4.69) is 57.7 Å². The number of allylic oxidation sites excluding steroid dienone is 2. The summed E-state index contributed by atoms with van der Waals surface area (Å²) in [6.07, 6.45) is 8.86. The van der Waals surface area contributed by atoms with Crippen molar-refractivity contribution in [2.24, 2.45) is 0 Å². The molecule has 1 N–H and O–H groups in total. The van der Waals surface area contributed by atoms with Crippen molar-refractivity contribution in [2.75, 3.05) is 24.7 Å². The van der Waals surface area contributed by atoms with Crippen molar-refractivity contribution in [3.63, 3.8) is 0 Å². The average Bonchev–Trinajstić information content (AvgIpc) is 3.10. The summed E-state index contributed by atoms with van der Waals surface area (Å²) >= 11 is 1.42. The van der Waals surface area contributed by atoms with E-state index in [0.717, 1.165) is 35.2 Å². The predicted molar refractivity (Wildman–Crippen MR) is 111 cm³/mol. The lowest BCUT2D eigenvalue weighted by atomic mass is 10.1. The molecule has 0 bridgehead atoms. The Kier molecular flexibility index (Phi) is 6.34. The maximum absolute atomic E-state index is 12.2. The van der Waals surface area contributed by atoms with E-state index in [-0.39, 0.29) is 11.9 Å². The zero-order valence-electron chi connectivity index (χ0n) is 15.9. The number of thioether (sulfide) groups is 1. The molecule has 0 saturated carbocycles. The topological polar surface area (TPSA) is 63.1 Å². The van der Waals surface area contributed by atoms with Crippen LogP contribution in [0.5, 0.6) is 0 Å². The highest BCUT2D eigenvalue weighted by molar-refractivity contribution is 7.99. The highest BCUT2D eigenvalue weighted by Crippen LogP contribution is 2.25. The number of nitrogens with zero attached hydrogens (tertiary/aromatic N) is 4. The van der Waals surface area contributed by atoms with Gasteiger partial charge in [-0.25, -0.2) is 0 Å². The molecule has 0 saturated heterocycles. The number of hydrogen-bond donors (Lipinski definition) is 1. The van der Waals surface area contributed by atoms with Gasteiger partial charge in [-0.15, -0.1) is 10.2 Å². The molecular formula is C20H25N5OS. The van der Waals surface area contributed by atoms with Gasteiger partial charge in [-0.3, -0.25) is 4.79 Å². The van der Waals surface area contributed by atoms with E-state index < -0.39 is 0 Å². The molecule has 1 amide bonds. The van der Waals surface area contributed by atoms with E-state index in [1.807, 2.05) is 36.9 Å². The van der Waals surface area contributed by atoms with Gasteiger partial charge in [0.25, 0.3) is 0 Å². The van der Waals surface area contributed by atoms with Crippen molar-refractivity contribution in [1.82, 2.24) is 20.1 Å². The molecule has 7 heteroatoms. The summed E-state index contributed by atoms with van der Waals surface area (Å²) in [6, 6.07) is 8.32. The fourth-order valence-electron chi connectivity index (χ4n) is 2.87. The summed E-state index contributed by atoms with van der Waals surface area (Å²) in [5.41, 5.74) is 2.16. The summed E-state index contributed by atoms with van der Waals surface area (Å²) in [7, 11) is 4.03. The highest BCUT2D eigenvalue weighted by atomic mass is 32.2. The van der Waals surface area contributed by atoms with E-state index in [9.17, 15) is 4.79 Å². The normalized spacial score (nSPS) is 15.7. The summed E-state index contributed by atoms with van der Waals surface area (Å²) in [4.78, 5) is 14.3. The van der Waals surface area contributed by atoms with E-state index in [1.165, 1.54) is 11.8 Å². The van der Waals surface area contributed by atoms with Crippen molar-refractivity contribution in [1.29, 1.82) is 0 Å². The SMILES string of the molecule is CCn1c(SCC(=O)NC2C=CC=CC2)nnc1-c1ccc(N(C)C)cc1. The van der Waals surface area contributed by atoms with Gasteiger partial charge in [0.1, 0.15) is 0 Å². The second-order valence-electron chi connectivity index (χ2n) is 6.50. The Morgan fingerprint density at radius 1 is 1.26 bits per heavy atom. The Morgan fingerprint density at radius 2 is 2.04 bits per heavy atom. The minimum atomic E-state index is 0.00693. The molecule has 0 fully saturated rings. The number of amides is 1. The largest absolute Gasteiger partial charge is 0.378 e. The third-order valence-corrected chi connectivity index (χ3v) is 5.30. The number of anilines is 1. The second kappa shape index (κ2) is 8.90. The van der Waals surface area contributed by atoms with Crippen LogP contribution >= 0.6 is 11.8 Å². The van der Waals surface area contributed by atoms with Crippen LogP contribution in [0.4, 0.5) is 5.69 Å². The number of benzene rings is 1. The van der Waals surface area contributed by atoms with Crippen molar-refractivity contribution in [3.8, 4) is 11.4 Å². The van der Waals surface area contributed by atoms with Gasteiger partial charge in [0, 0.05) is 31.9 Å². The molecule has 0 spiro atoms. The molecule has 3 rings (SSSR count). The van der Waals surface area contributed by atoms with Crippen LogP contribution in [0.25, 0.3) is 11.4 Å². The third-order valence-electron chi connectivity index (χ3n) is 4.33. The molecule has 1 atom stereocenters. The van der Waals surface area contributed by atoms with Crippen LogP contribution < -0.4 is 10.2 Å². The van der Waals surface area contributed by atoms with Crippen LogP contribution in [0.15, 0.2) is 53.7 Å². The quantitative estimate of drug-likeness (QED) is 0.745. The van der Waals surface area contributed by atoms with Crippen molar-refractivity contribution in [3.05, 3.63) is 48.6 Å². The van der Waals surface area contributed by atoms with E-state index in [1.54, 1.807) is 0 Å².